The topological polar surface area (TPSA) is 43.6 Å². The molecule has 0 bridgehead atoms. The Kier molecular flexibility index (Phi) is 5.60. The fourth-order valence-electron chi connectivity index (χ4n) is 2.44. The second-order valence-corrected chi connectivity index (χ2v) is 7.87. The van der Waals surface area contributed by atoms with E-state index in [1.165, 1.54) is 5.56 Å². The third-order valence-electron chi connectivity index (χ3n) is 3.83. The number of aryl methyl sites for hydroxylation is 2. The van der Waals surface area contributed by atoms with Gasteiger partial charge in [-0.1, -0.05) is 17.4 Å². The average Bonchev–Trinajstić information content (AvgIpc) is 2.90. The molecule has 2 aromatic carbocycles. The minimum absolute atomic E-state index is 0.0834. The normalized spacial score (nSPS) is 11.9. The lowest BCUT2D eigenvalue weighted by atomic mass is 10.2. The molecule has 1 amide bonds. The van der Waals surface area contributed by atoms with Crippen molar-refractivity contribution in [2.45, 2.75) is 18.2 Å². The Morgan fingerprint density at radius 3 is 2.72 bits per heavy atom. The second kappa shape index (κ2) is 7.89. The van der Waals surface area contributed by atoms with Crippen molar-refractivity contribution in [1.29, 1.82) is 0 Å². The first kappa shape index (κ1) is 17.8. The van der Waals surface area contributed by atoms with Crippen LogP contribution in [0.15, 0.2) is 52.4 Å². The highest BCUT2D eigenvalue weighted by Gasteiger charge is 2.06. The summed E-state index contributed by atoms with van der Waals surface area (Å²) >= 11 is 3.20. The van der Waals surface area contributed by atoms with Gasteiger partial charge in [-0.3, -0.25) is 4.79 Å². The number of carbonyl (C=O) groups excluding carboxylic acids is 1. The van der Waals surface area contributed by atoms with Crippen LogP contribution in [-0.4, -0.2) is 23.3 Å². The van der Waals surface area contributed by atoms with E-state index in [1.807, 2.05) is 35.9 Å². The zero-order chi connectivity index (χ0) is 17.8. The molecule has 130 valence electrons. The molecule has 0 N–H and O–H groups in total. The Morgan fingerprint density at radius 2 is 2.00 bits per heavy atom. The van der Waals surface area contributed by atoms with Gasteiger partial charge in [0.2, 0.25) is 5.91 Å². The summed E-state index contributed by atoms with van der Waals surface area (Å²) in [7, 11) is 3.60. The summed E-state index contributed by atoms with van der Waals surface area (Å²) in [5.74, 6) is 1.46. The fourth-order valence-corrected chi connectivity index (χ4v) is 4.41. The predicted molar refractivity (Wildman–Crippen MR) is 104 cm³/mol. The Balaban J connectivity index is 1.65. The van der Waals surface area contributed by atoms with Gasteiger partial charge in [0.1, 0.15) is 5.75 Å². The van der Waals surface area contributed by atoms with Crippen molar-refractivity contribution in [3.8, 4) is 5.75 Å². The molecule has 4 nitrogen and oxygen atoms in total. The number of nitrogens with zero attached hydrogens (tertiary/aromatic N) is 2. The van der Waals surface area contributed by atoms with Crippen LogP contribution in [0.25, 0.3) is 10.2 Å². The summed E-state index contributed by atoms with van der Waals surface area (Å²) < 4.78 is 8.28. The molecule has 1 aromatic heterocycles. The smallest absolute Gasteiger partial charge is 0.249 e. The Labute approximate surface area is 155 Å². The quantitative estimate of drug-likeness (QED) is 0.632. The third kappa shape index (κ3) is 4.32. The molecule has 1 heterocycles. The van der Waals surface area contributed by atoms with Gasteiger partial charge in [-0.05, 0) is 48.9 Å². The van der Waals surface area contributed by atoms with Crippen LogP contribution in [0.1, 0.15) is 12.0 Å². The maximum atomic E-state index is 12.2. The van der Waals surface area contributed by atoms with Crippen molar-refractivity contribution in [2.75, 3.05) is 12.9 Å². The number of fused-ring (bicyclic) bond motifs is 1. The van der Waals surface area contributed by atoms with Crippen molar-refractivity contribution in [2.24, 2.45) is 12.0 Å². The highest BCUT2D eigenvalue weighted by atomic mass is 32.2. The van der Waals surface area contributed by atoms with E-state index in [-0.39, 0.29) is 5.91 Å². The van der Waals surface area contributed by atoms with Crippen LogP contribution >= 0.6 is 23.1 Å². The van der Waals surface area contributed by atoms with Gasteiger partial charge < -0.3 is 9.30 Å². The monoisotopic (exact) mass is 372 g/mol. The van der Waals surface area contributed by atoms with Gasteiger partial charge in [-0.15, -0.1) is 11.8 Å². The average molecular weight is 373 g/mol. The lowest BCUT2D eigenvalue weighted by Gasteiger charge is -2.02. The van der Waals surface area contributed by atoms with Gasteiger partial charge in [0.05, 0.1) is 17.3 Å². The molecule has 0 spiro atoms. The molecule has 6 heteroatoms. The van der Waals surface area contributed by atoms with E-state index < -0.39 is 0 Å². The predicted octanol–water partition coefficient (Wildman–Crippen LogP) is 4.17. The van der Waals surface area contributed by atoms with E-state index in [0.29, 0.717) is 12.2 Å². The Hall–Kier alpha value is -2.05. The van der Waals surface area contributed by atoms with Gasteiger partial charge in [-0.2, -0.15) is 4.99 Å². The van der Waals surface area contributed by atoms with E-state index in [2.05, 4.69) is 30.1 Å². The minimum Gasteiger partial charge on any atom is -0.497 e. The van der Waals surface area contributed by atoms with Crippen LogP contribution in [0.4, 0.5) is 0 Å². The van der Waals surface area contributed by atoms with Crippen molar-refractivity contribution in [3.05, 3.63) is 52.8 Å². The van der Waals surface area contributed by atoms with Gasteiger partial charge in [-0.25, -0.2) is 0 Å². The summed E-state index contributed by atoms with van der Waals surface area (Å²) in [4.78, 5) is 18.4. The van der Waals surface area contributed by atoms with Crippen molar-refractivity contribution >= 4 is 39.2 Å². The molecular formula is C19H20N2O2S2. The number of thioether (sulfide) groups is 1. The van der Waals surface area contributed by atoms with E-state index >= 15 is 0 Å². The standard InChI is InChI=1S/C19H20N2O2S2/c1-13-4-9-16-17(12-13)25-19(21(16)2)20-18(22)10-11-24-15-7-5-14(23-3)6-8-15/h4-9,12H,10-11H2,1-3H3. The highest BCUT2D eigenvalue weighted by Crippen LogP contribution is 2.22. The molecule has 0 aliphatic carbocycles. The summed E-state index contributed by atoms with van der Waals surface area (Å²) in [6.45, 7) is 2.07. The molecule has 0 saturated heterocycles. The van der Waals surface area contributed by atoms with Crippen molar-refractivity contribution in [1.82, 2.24) is 4.57 Å². The molecule has 0 fully saturated rings. The number of carbonyl (C=O) groups is 1. The minimum atomic E-state index is -0.0834. The van der Waals surface area contributed by atoms with E-state index in [4.69, 9.17) is 4.74 Å². The second-order valence-electron chi connectivity index (χ2n) is 5.69. The fraction of sp³-hybridized carbons (Fsp3) is 0.263. The number of amides is 1. The Bertz CT molecular complexity index is 956. The number of hydrogen-bond acceptors (Lipinski definition) is 4. The van der Waals surface area contributed by atoms with E-state index in [9.17, 15) is 4.79 Å². The molecular weight excluding hydrogens is 352 g/mol. The molecule has 25 heavy (non-hydrogen) atoms. The first-order valence-electron chi connectivity index (χ1n) is 7.97. The van der Waals surface area contributed by atoms with Crippen molar-refractivity contribution < 1.29 is 9.53 Å². The van der Waals surface area contributed by atoms with E-state index in [1.54, 1.807) is 30.2 Å². The number of hydrogen-bond donors (Lipinski definition) is 0. The van der Waals surface area contributed by atoms with Crippen LogP contribution in [-0.2, 0) is 11.8 Å². The molecule has 3 rings (SSSR count). The number of methoxy groups -OCH3 is 1. The van der Waals surface area contributed by atoms with Crippen LogP contribution in [0.2, 0.25) is 0 Å². The number of aromatic nitrogens is 1. The number of benzene rings is 2. The molecule has 0 aliphatic heterocycles. The lowest BCUT2D eigenvalue weighted by molar-refractivity contribution is -0.117. The first-order valence-corrected chi connectivity index (χ1v) is 9.77. The molecule has 0 atom stereocenters. The molecule has 3 aromatic rings. The number of ether oxygens (including phenoxy) is 1. The van der Waals surface area contributed by atoms with Gasteiger partial charge in [0.25, 0.3) is 0 Å². The van der Waals surface area contributed by atoms with Crippen LogP contribution in [0, 0.1) is 6.92 Å². The Morgan fingerprint density at radius 1 is 1.24 bits per heavy atom. The summed E-state index contributed by atoms with van der Waals surface area (Å²) in [5.41, 5.74) is 2.32. The third-order valence-corrected chi connectivity index (χ3v) is 5.94. The van der Waals surface area contributed by atoms with Crippen molar-refractivity contribution in [3.63, 3.8) is 0 Å². The number of thiazole rings is 1. The largest absolute Gasteiger partial charge is 0.497 e. The van der Waals surface area contributed by atoms with Crippen LogP contribution < -0.4 is 9.54 Å². The zero-order valence-electron chi connectivity index (χ0n) is 14.5. The maximum Gasteiger partial charge on any atom is 0.249 e. The molecule has 0 unspecified atom stereocenters. The van der Waals surface area contributed by atoms with E-state index in [0.717, 1.165) is 25.7 Å². The SMILES string of the molecule is COc1ccc(SCCC(=O)N=c2sc3cc(C)ccc3n2C)cc1. The van der Waals surface area contributed by atoms with Gasteiger partial charge in [0, 0.05) is 24.1 Å². The van der Waals surface area contributed by atoms with Crippen LogP contribution in [0.5, 0.6) is 5.75 Å². The highest BCUT2D eigenvalue weighted by molar-refractivity contribution is 7.99. The molecule has 0 radical (unpaired) electrons. The first-order chi connectivity index (χ1) is 12.1. The van der Waals surface area contributed by atoms with Gasteiger partial charge >= 0.3 is 0 Å². The molecule has 0 aliphatic rings. The summed E-state index contributed by atoms with van der Waals surface area (Å²) in [6.07, 6.45) is 0.421. The maximum absolute atomic E-state index is 12.2. The summed E-state index contributed by atoms with van der Waals surface area (Å²) in [6, 6.07) is 14.1. The summed E-state index contributed by atoms with van der Waals surface area (Å²) in [5, 5.41) is 0. The zero-order valence-corrected chi connectivity index (χ0v) is 16.1. The molecule has 0 saturated carbocycles. The van der Waals surface area contributed by atoms with Gasteiger partial charge in [0.15, 0.2) is 4.80 Å². The number of rotatable bonds is 5. The lowest BCUT2D eigenvalue weighted by Crippen LogP contribution is -2.13. The van der Waals surface area contributed by atoms with Crippen LogP contribution in [0.3, 0.4) is 0 Å².